The molecule has 4 rings (SSSR count). The Hall–Kier alpha value is -3.71. The second-order valence-electron chi connectivity index (χ2n) is 7.60. The van der Waals surface area contributed by atoms with E-state index in [1.54, 1.807) is 12.1 Å². The molecule has 1 heterocycles. The van der Waals surface area contributed by atoms with Crippen LogP contribution in [0.4, 0.5) is 21.9 Å². The van der Waals surface area contributed by atoms with Crippen LogP contribution in [0.25, 0.3) is 0 Å². The quantitative estimate of drug-likeness (QED) is 0.445. The van der Waals surface area contributed by atoms with Crippen LogP contribution in [0.3, 0.4) is 0 Å². The van der Waals surface area contributed by atoms with Crippen LogP contribution in [-0.4, -0.2) is 28.9 Å². The van der Waals surface area contributed by atoms with Crippen molar-refractivity contribution in [3.63, 3.8) is 0 Å². The highest BCUT2D eigenvalue weighted by Crippen LogP contribution is 2.23. The molecule has 0 radical (unpaired) electrons. The lowest BCUT2D eigenvalue weighted by atomic mass is 9.99. The predicted molar refractivity (Wildman–Crippen MR) is 121 cm³/mol. The van der Waals surface area contributed by atoms with Gasteiger partial charge in [0, 0.05) is 31.4 Å². The summed E-state index contributed by atoms with van der Waals surface area (Å²) in [6.45, 7) is 3.04. The average molecular weight is 416 g/mol. The van der Waals surface area contributed by atoms with Crippen molar-refractivity contribution in [2.75, 3.05) is 23.7 Å². The van der Waals surface area contributed by atoms with E-state index in [-0.39, 0.29) is 11.4 Å². The smallest absolute Gasteiger partial charge is 0.308 e. The Labute approximate surface area is 180 Å². The van der Waals surface area contributed by atoms with Gasteiger partial charge in [-0.2, -0.15) is 0 Å². The van der Waals surface area contributed by atoms with E-state index in [4.69, 9.17) is 0 Å². The van der Waals surface area contributed by atoms with E-state index in [1.807, 2.05) is 24.3 Å². The number of nitro benzene ring substituents is 1. The summed E-state index contributed by atoms with van der Waals surface area (Å²) in [7, 11) is 0. The number of hydrogen-bond acceptors (Lipinski definition) is 4. The first-order valence-electron chi connectivity index (χ1n) is 10.3. The molecule has 2 amide bonds. The maximum absolute atomic E-state index is 12.2. The zero-order valence-corrected chi connectivity index (χ0v) is 17.1. The summed E-state index contributed by atoms with van der Waals surface area (Å²) in [5, 5.41) is 16.3. The maximum Gasteiger partial charge on any atom is 0.323 e. The highest BCUT2D eigenvalue weighted by atomic mass is 16.6. The third-order valence-corrected chi connectivity index (χ3v) is 5.49. The molecule has 0 unspecified atom stereocenters. The Kier molecular flexibility index (Phi) is 6.24. The van der Waals surface area contributed by atoms with Gasteiger partial charge in [0.15, 0.2) is 0 Å². The molecule has 3 aromatic carbocycles. The number of rotatable bonds is 6. The summed E-state index contributed by atoms with van der Waals surface area (Å²) >= 11 is 0. The van der Waals surface area contributed by atoms with Gasteiger partial charge in [0.1, 0.15) is 5.69 Å². The number of nitro groups is 1. The lowest BCUT2D eigenvalue weighted by molar-refractivity contribution is -0.383. The minimum atomic E-state index is -0.522. The fourth-order valence-electron chi connectivity index (χ4n) is 3.81. The van der Waals surface area contributed by atoms with Gasteiger partial charge in [-0.3, -0.25) is 15.0 Å². The molecule has 7 nitrogen and oxygen atoms in total. The molecule has 0 spiro atoms. The molecule has 0 atom stereocenters. The van der Waals surface area contributed by atoms with E-state index in [9.17, 15) is 14.9 Å². The Morgan fingerprint density at radius 3 is 2.42 bits per heavy atom. The van der Waals surface area contributed by atoms with Crippen LogP contribution < -0.4 is 10.6 Å². The number of carbonyl (C=O) groups excluding carboxylic acids is 1. The molecule has 0 fully saturated rings. The number of benzene rings is 3. The van der Waals surface area contributed by atoms with Gasteiger partial charge in [-0.05, 0) is 47.7 Å². The molecule has 1 aliphatic rings. The molecular weight excluding hydrogens is 392 g/mol. The standard InChI is InChI=1S/C24H24N4O3/c29-24(26-22-7-3-4-8-23(22)28(30)31)25-21-11-9-18(10-12-21)13-15-27-16-14-19-5-1-2-6-20(19)17-27/h1-12H,13-17H2,(H2,25,26,29). The Morgan fingerprint density at radius 2 is 1.65 bits per heavy atom. The van der Waals surface area contributed by atoms with Crippen molar-refractivity contribution >= 4 is 23.1 Å². The van der Waals surface area contributed by atoms with Gasteiger partial charge < -0.3 is 10.6 Å². The number of para-hydroxylation sites is 2. The molecule has 7 heteroatoms. The Morgan fingerprint density at radius 1 is 0.935 bits per heavy atom. The van der Waals surface area contributed by atoms with E-state index in [0.29, 0.717) is 5.69 Å². The monoisotopic (exact) mass is 416 g/mol. The highest BCUT2D eigenvalue weighted by Gasteiger charge is 2.16. The molecule has 3 aromatic rings. The summed E-state index contributed by atoms with van der Waals surface area (Å²) in [6.07, 6.45) is 2.03. The minimum Gasteiger partial charge on any atom is -0.308 e. The molecule has 0 bridgehead atoms. The normalized spacial score (nSPS) is 13.3. The van der Waals surface area contributed by atoms with Gasteiger partial charge in [0.2, 0.25) is 0 Å². The number of anilines is 2. The van der Waals surface area contributed by atoms with Crippen LogP contribution in [-0.2, 0) is 19.4 Å². The van der Waals surface area contributed by atoms with Crippen molar-refractivity contribution in [2.24, 2.45) is 0 Å². The molecule has 2 N–H and O–H groups in total. The van der Waals surface area contributed by atoms with Gasteiger partial charge in [0.05, 0.1) is 4.92 Å². The topological polar surface area (TPSA) is 87.5 Å². The third kappa shape index (κ3) is 5.26. The zero-order chi connectivity index (χ0) is 21.6. The van der Waals surface area contributed by atoms with Gasteiger partial charge in [-0.1, -0.05) is 48.5 Å². The number of fused-ring (bicyclic) bond motifs is 1. The van der Waals surface area contributed by atoms with Crippen LogP contribution in [0.1, 0.15) is 16.7 Å². The summed E-state index contributed by atoms with van der Waals surface area (Å²) in [6, 6.07) is 21.8. The van der Waals surface area contributed by atoms with Crippen molar-refractivity contribution in [1.82, 2.24) is 4.90 Å². The number of nitrogens with one attached hydrogen (secondary N) is 2. The molecule has 158 valence electrons. The summed E-state index contributed by atoms with van der Waals surface area (Å²) in [4.78, 5) is 25.2. The highest BCUT2D eigenvalue weighted by molar-refractivity contribution is 6.01. The summed E-state index contributed by atoms with van der Waals surface area (Å²) in [5.41, 5.74) is 4.71. The predicted octanol–water partition coefficient (Wildman–Crippen LogP) is 4.84. The van der Waals surface area contributed by atoms with E-state index in [1.165, 1.54) is 28.8 Å². The number of hydrogen-bond donors (Lipinski definition) is 2. The SMILES string of the molecule is O=C(Nc1ccc(CCN2CCc3ccccc3C2)cc1)Nc1ccccc1[N+](=O)[O-]. The second-order valence-corrected chi connectivity index (χ2v) is 7.60. The minimum absolute atomic E-state index is 0.145. The van der Waals surface area contributed by atoms with Crippen molar-refractivity contribution < 1.29 is 9.72 Å². The van der Waals surface area contributed by atoms with Crippen LogP contribution in [0.15, 0.2) is 72.8 Å². The van der Waals surface area contributed by atoms with Gasteiger partial charge in [0.25, 0.3) is 5.69 Å². The summed E-state index contributed by atoms with van der Waals surface area (Å²) in [5.74, 6) is 0. The number of carbonyl (C=O) groups is 1. The second kappa shape index (κ2) is 9.40. The third-order valence-electron chi connectivity index (χ3n) is 5.49. The van der Waals surface area contributed by atoms with Crippen LogP contribution >= 0.6 is 0 Å². The molecule has 1 aliphatic heterocycles. The molecule has 0 saturated carbocycles. The molecule has 0 aliphatic carbocycles. The maximum atomic E-state index is 12.2. The van der Waals surface area contributed by atoms with Crippen molar-refractivity contribution in [3.8, 4) is 0 Å². The molecule has 31 heavy (non-hydrogen) atoms. The van der Waals surface area contributed by atoms with Crippen molar-refractivity contribution in [3.05, 3.63) is 99.6 Å². The lowest BCUT2D eigenvalue weighted by Crippen LogP contribution is -2.32. The van der Waals surface area contributed by atoms with E-state index < -0.39 is 11.0 Å². The first-order chi connectivity index (χ1) is 15.1. The fraction of sp³-hybridized carbons (Fsp3) is 0.208. The zero-order valence-electron chi connectivity index (χ0n) is 17.1. The van der Waals surface area contributed by atoms with E-state index in [2.05, 4.69) is 39.8 Å². The first-order valence-corrected chi connectivity index (χ1v) is 10.3. The van der Waals surface area contributed by atoms with Crippen molar-refractivity contribution in [2.45, 2.75) is 19.4 Å². The number of urea groups is 1. The number of nitrogens with zero attached hydrogens (tertiary/aromatic N) is 2. The average Bonchev–Trinajstić information content (AvgIpc) is 2.78. The lowest BCUT2D eigenvalue weighted by Gasteiger charge is -2.28. The van der Waals surface area contributed by atoms with Gasteiger partial charge >= 0.3 is 6.03 Å². The van der Waals surface area contributed by atoms with Crippen LogP contribution in [0.2, 0.25) is 0 Å². The largest absolute Gasteiger partial charge is 0.323 e. The first kappa shape index (κ1) is 20.6. The van der Waals surface area contributed by atoms with Gasteiger partial charge in [-0.15, -0.1) is 0 Å². The van der Waals surface area contributed by atoms with E-state index >= 15 is 0 Å². The van der Waals surface area contributed by atoms with E-state index in [0.717, 1.165) is 32.5 Å². The molecular formula is C24H24N4O3. The van der Waals surface area contributed by atoms with Crippen molar-refractivity contribution in [1.29, 1.82) is 0 Å². The summed E-state index contributed by atoms with van der Waals surface area (Å²) < 4.78 is 0. The fourth-order valence-corrected chi connectivity index (χ4v) is 3.81. The van der Waals surface area contributed by atoms with Gasteiger partial charge in [-0.25, -0.2) is 4.79 Å². The number of amides is 2. The molecule has 0 saturated heterocycles. The van der Waals surface area contributed by atoms with Crippen LogP contribution in [0.5, 0.6) is 0 Å². The molecule has 0 aromatic heterocycles. The van der Waals surface area contributed by atoms with Crippen LogP contribution in [0, 0.1) is 10.1 Å². The Balaban J connectivity index is 1.29. The Bertz CT molecular complexity index is 1080.